The number of amides is 1. The number of benzene rings is 1. The number of aromatic nitrogens is 2. The molecule has 3 heterocycles. The number of carbonyl (C=O) groups is 1. The summed E-state index contributed by atoms with van der Waals surface area (Å²) in [6.07, 6.45) is 0.136. The quantitative estimate of drug-likeness (QED) is 0.713. The number of anilines is 1. The van der Waals surface area contributed by atoms with Crippen LogP contribution in [-0.4, -0.2) is 46.0 Å². The van der Waals surface area contributed by atoms with Crippen LogP contribution in [0.15, 0.2) is 45.3 Å². The Balaban J connectivity index is 1.41. The number of aryl methyl sites for hydroxylation is 1. The molecule has 0 saturated carbocycles. The molecule has 1 unspecified atom stereocenters. The molecule has 7 nitrogen and oxygen atoms in total. The highest BCUT2D eigenvalue weighted by molar-refractivity contribution is 7.17. The molecule has 8 heteroatoms. The Morgan fingerprint density at radius 2 is 2.07 bits per heavy atom. The van der Waals surface area contributed by atoms with Crippen molar-refractivity contribution >= 4 is 33.1 Å². The van der Waals surface area contributed by atoms with Gasteiger partial charge in [0.2, 0.25) is 5.91 Å². The Morgan fingerprint density at radius 1 is 1.24 bits per heavy atom. The Morgan fingerprint density at radius 3 is 2.83 bits per heavy atom. The van der Waals surface area contributed by atoms with Crippen molar-refractivity contribution in [2.24, 2.45) is 0 Å². The second kappa shape index (κ2) is 7.87. The van der Waals surface area contributed by atoms with E-state index in [1.165, 1.54) is 22.6 Å². The number of piperazine rings is 1. The molecule has 1 aliphatic heterocycles. The zero-order chi connectivity index (χ0) is 20.5. The molecule has 0 aliphatic carbocycles. The molecular formula is C21H24N4O3S. The van der Waals surface area contributed by atoms with Crippen LogP contribution in [0.3, 0.4) is 0 Å². The molecule has 0 bridgehead atoms. The van der Waals surface area contributed by atoms with Crippen LogP contribution >= 0.6 is 11.3 Å². The van der Waals surface area contributed by atoms with Crippen molar-refractivity contribution in [3.05, 3.63) is 62.1 Å². The van der Waals surface area contributed by atoms with Gasteiger partial charge in [0.25, 0.3) is 5.56 Å². The molecule has 3 aromatic rings. The monoisotopic (exact) mass is 412 g/mol. The van der Waals surface area contributed by atoms with Crippen LogP contribution < -0.4 is 16.1 Å². The molecule has 1 N–H and O–H groups in total. The number of aromatic amines is 1. The first kappa shape index (κ1) is 19.4. The molecule has 0 radical (unpaired) electrons. The predicted molar refractivity (Wildman–Crippen MR) is 116 cm³/mol. The maximum absolute atomic E-state index is 12.7. The average molecular weight is 413 g/mol. The van der Waals surface area contributed by atoms with Crippen molar-refractivity contribution in [1.82, 2.24) is 14.5 Å². The van der Waals surface area contributed by atoms with E-state index in [-0.39, 0.29) is 30.5 Å². The summed E-state index contributed by atoms with van der Waals surface area (Å²) < 4.78 is 1.64. The van der Waals surface area contributed by atoms with Crippen molar-refractivity contribution in [3.63, 3.8) is 0 Å². The van der Waals surface area contributed by atoms with Gasteiger partial charge >= 0.3 is 5.69 Å². The second-order valence-electron chi connectivity index (χ2n) is 7.52. The zero-order valence-corrected chi connectivity index (χ0v) is 17.4. The number of thiophene rings is 1. The van der Waals surface area contributed by atoms with Crippen LogP contribution in [0.4, 0.5) is 5.69 Å². The van der Waals surface area contributed by atoms with Gasteiger partial charge in [-0.05, 0) is 43.0 Å². The number of carbonyl (C=O) groups excluding carboxylic acids is 1. The first-order valence-corrected chi connectivity index (χ1v) is 10.6. The number of nitrogens with one attached hydrogen (secondary N) is 1. The maximum Gasteiger partial charge on any atom is 0.328 e. The Hall–Kier alpha value is -2.87. The van der Waals surface area contributed by atoms with Crippen LogP contribution in [0.5, 0.6) is 0 Å². The van der Waals surface area contributed by atoms with E-state index < -0.39 is 5.69 Å². The van der Waals surface area contributed by atoms with Crippen LogP contribution in [0, 0.1) is 6.92 Å². The minimum absolute atomic E-state index is 0.0293. The van der Waals surface area contributed by atoms with Gasteiger partial charge in [-0.3, -0.25) is 14.2 Å². The third-order valence-corrected chi connectivity index (χ3v) is 6.36. The van der Waals surface area contributed by atoms with E-state index in [4.69, 9.17) is 0 Å². The summed E-state index contributed by atoms with van der Waals surface area (Å²) >= 11 is 1.29. The van der Waals surface area contributed by atoms with Crippen LogP contribution in [0.25, 0.3) is 10.2 Å². The normalized spacial score (nSPS) is 17.1. The molecule has 1 saturated heterocycles. The Labute approximate surface area is 172 Å². The number of rotatable bonds is 4. The SMILES string of the molecule is Cc1cccc(N2CCN(C(=O)CCn3c(=O)[nH]c4ccsc4c3=O)CC2C)c1. The molecule has 29 heavy (non-hydrogen) atoms. The van der Waals surface area contributed by atoms with E-state index >= 15 is 0 Å². The Kier molecular flexibility index (Phi) is 5.27. The fourth-order valence-corrected chi connectivity index (χ4v) is 4.71. The molecular weight excluding hydrogens is 388 g/mol. The molecule has 1 aliphatic rings. The first-order valence-electron chi connectivity index (χ1n) is 9.75. The average Bonchev–Trinajstić information content (AvgIpc) is 3.16. The number of fused-ring (bicyclic) bond motifs is 1. The maximum atomic E-state index is 12.7. The predicted octanol–water partition coefficient (Wildman–Crippen LogP) is 2.19. The van der Waals surface area contributed by atoms with E-state index in [2.05, 4.69) is 48.0 Å². The van der Waals surface area contributed by atoms with Gasteiger partial charge in [-0.1, -0.05) is 12.1 Å². The lowest BCUT2D eigenvalue weighted by atomic mass is 10.1. The second-order valence-corrected chi connectivity index (χ2v) is 8.44. The lowest BCUT2D eigenvalue weighted by molar-refractivity contribution is -0.132. The van der Waals surface area contributed by atoms with Gasteiger partial charge < -0.3 is 14.8 Å². The van der Waals surface area contributed by atoms with Gasteiger partial charge in [-0.15, -0.1) is 11.3 Å². The molecule has 1 atom stereocenters. The van der Waals surface area contributed by atoms with Gasteiger partial charge in [0, 0.05) is 44.3 Å². The molecule has 1 aromatic carbocycles. The van der Waals surface area contributed by atoms with E-state index in [9.17, 15) is 14.4 Å². The topological polar surface area (TPSA) is 78.4 Å². The summed E-state index contributed by atoms with van der Waals surface area (Å²) in [6, 6.07) is 10.3. The fourth-order valence-electron chi connectivity index (χ4n) is 3.91. The van der Waals surface area contributed by atoms with Gasteiger partial charge in [0.1, 0.15) is 4.70 Å². The molecule has 1 fully saturated rings. The summed E-state index contributed by atoms with van der Waals surface area (Å²) in [5.74, 6) is -0.0293. The minimum Gasteiger partial charge on any atom is -0.365 e. The van der Waals surface area contributed by atoms with Crippen molar-refractivity contribution in [1.29, 1.82) is 0 Å². The first-order chi connectivity index (χ1) is 13.9. The van der Waals surface area contributed by atoms with Gasteiger partial charge in [0.15, 0.2) is 0 Å². The highest BCUT2D eigenvalue weighted by Crippen LogP contribution is 2.22. The lowest BCUT2D eigenvalue weighted by Gasteiger charge is -2.41. The fraction of sp³-hybridized carbons (Fsp3) is 0.381. The summed E-state index contributed by atoms with van der Waals surface area (Å²) in [7, 11) is 0. The van der Waals surface area contributed by atoms with E-state index in [0.717, 1.165) is 11.1 Å². The van der Waals surface area contributed by atoms with Crippen molar-refractivity contribution < 1.29 is 4.79 Å². The van der Waals surface area contributed by atoms with Crippen molar-refractivity contribution in [2.75, 3.05) is 24.5 Å². The van der Waals surface area contributed by atoms with Gasteiger partial charge in [-0.2, -0.15) is 0 Å². The molecule has 1 amide bonds. The van der Waals surface area contributed by atoms with Crippen LogP contribution in [0.2, 0.25) is 0 Å². The van der Waals surface area contributed by atoms with Crippen molar-refractivity contribution in [2.45, 2.75) is 32.9 Å². The van der Waals surface area contributed by atoms with Gasteiger partial charge in [-0.25, -0.2) is 4.79 Å². The highest BCUT2D eigenvalue weighted by Gasteiger charge is 2.27. The van der Waals surface area contributed by atoms with E-state index in [1.807, 2.05) is 4.90 Å². The Bertz CT molecular complexity index is 1160. The highest BCUT2D eigenvalue weighted by atomic mass is 32.1. The van der Waals surface area contributed by atoms with Gasteiger partial charge in [0.05, 0.1) is 5.52 Å². The van der Waals surface area contributed by atoms with Crippen LogP contribution in [-0.2, 0) is 11.3 Å². The number of hydrogen-bond acceptors (Lipinski definition) is 5. The largest absolute Gasteiger partial charge is 0.365 e. The van der Waals surface area contributed by atoms with Crippen molar-refractivity contribution in [3.8, 4) is 0 Å². The standard InChI is InChI=1S/C21H24N4O3S/c1-14-4-3-5-16(12-14)24-10-9-23(13-15(24)2)18(26)6-8-25-20(27)19-17(7-11-29-19)22-21(25)28/h3-5,7,11-12,15H,6,8-10,13H2,1-2H3,(H,22,28). The van der Waals surface area contributed by atoms with E-state index in [1.54, 1.807) is 11.4 Å². The molecule has 152 valence electrons. The van der Waals surface area contributed by atoms with Crippen LogP contribution in [0.1, 0.15) is 18.9 Å². The third kappa shape index (κ3) is 3.85. The summed E-state index contributed by atoms with van der Waals surface area (Å²) in [5, 5.41) is 1.77. The smallest absolute Gasteiger partial charge is 0.328 e. The number of hydrogen-bond donors (Lipinski definition) is 1. The zero-order valence-electron chi connectivity index (χ0n) is 16.6. The summed E-state index contributed by atoms with van der Waals surface area (Å²) in [4.78, 5) is 44.3. The third-order valence-electron chi connectivity index (χ3n) is 5.45. The molecule has 4 rings (SSSR count). The number of nitrogens with zero attached hydrogens (tertiary/aromatic N) is 3. The molecule has 0 spiro atoms. The minimum atomic E-state index is -0.466. The summed E-state index contributed by atoms with van der Waals surface area (Å²) in [6.45, 7) is 6.30. The lowest BCUT2D eigenvalue weighted by Crippen LogP contribution is -2.54. The molecule has 2 aromatic heterocycles. The van der Waals surface area contributed by atoms with E-state index in [0.29, 0.717) is 23.3 Å². The number of H-pyrrole nitrogens is 1. The summed E-state index contributed by atoms with van der Waals surface area (Å²) in [5.41, 5.74) is 2.14.